The Kier molecular flexibility index (Phi) is 3.81. The minimum absolute atomic E-state index is 0.166. The molecule has 3 nitrogen and oxygen atoms in total. The van der Waals surface area contributed by atoms with Gasteiger partial charge in [0, 0.05) is 0 Å². The minimum atomic E-state index is -3.70. The number of hydrogen-bond acceptors (Lipinski definition) is 3. The Bertz CT molecular complexity index is 661. The lowest BCUT2D eigenvalue weighted by molar-refractivity contribution is -0.116. The number of carbonyl (C=O) groups excluding carboxylic acids is 1. The third-order valence-electron chi connectivity index (χ3n) is 2.85. The summed E-state index contributed by atoms with van der Waals surface area (Å²) in [5, 5.41) is -1.14. The first-order chi connectivity index (χ1) is 9.03. The zero-order valence-corrected chi connectivity index (χ0v) is 11.3. The highest BCUT2D eigenvalue weighted by molar-refractivity contribution is 7.92. The predicted molar refractivity (Wildman–Crippen MR) is 73.5 cm³/mol. The Hall–Kier alpha value is -1.94. The minimum Gasteiger partial charge on any atom is -0.298 e. The predicted octanol–water partition coefficient (Wildman–Crippen LogP) is 2.79. The molecule has 0 aliphatic heterocycles. The molecule has 4 heteroatoms. The quantitative estimate of drug-likeness (QED) is 0.861. The van der Waals surface area contributed by atoms with Gasteiger partial charge in [0.1, 0.15) is 5.25 Å². The van der Waals surface area contributed by atoms with E-state index < -0.39 is 15.1 Å². The van der Waals surface area contributed by atoms with Gasteiger partial charge in [-0.3, -0.25) is 4.79 Å². The van der Waals surface area contributed by atoms with Crippen molar-refractivity contribution >= 4 is 15.6 Å². The molecule has 0 saturated carbocycles. The summed E-state index contributed by atoms with van der Waals surface area (Å²) in [6.07, 6.45) is 0. The largest absolute Gasteiger partial charge is 0.298 e. The normalized spacial score (nSPS) is 12.9. The monoisotopic (exact) mass is 274 g/mol. The maximum Gasteiger partial charge on any atom is 0.192 e. The molecule has 0 unspecified atom stereocenters. The van der Waals surface area contributed by atoms with Gasteiger partial charge in [0.15, 0.2) is 15.6 Å². The standard InChI is InChI=1S/C15H14O3S/c1-12(16)15(13-8-4-2-5-9-13)19(17,18)14-10-6-3-7-11-14/h2-11,15H,1H3/t15-/m1/s1. The van der Waals surface area contributed by atoms with Crippen LogP contribution in [0, 0.1) is 0 Å². The zero-order chi connectivity index (χ0) is 13.9. The highest BCUT2D eigenvalue weighted by Gasteiger charge is 2.32. The van der Waals surface area contributed by atoms with E-state index in [0.29, 0.717) is 5.56 Å². The number of ketones is 1. The molecule has 1 atom stereocenters. The molecular formula is C15H14O3S. The van der Waals surface area contributed by atoms with Crippen LogP contribution < -0.4 is 0 Å². The molecule has 2 rings (SSSR count). The number of rotatable bonds is 4. The van der Waals surface area contributed by atoms with Crippen molar-refractivity contribution in [2.24, 2.45) is 0 Å². The fraction of sp³-hybridized carbons (Fsp3) is 0.133. The van der Waals surface area contributed by atoms with Crippen LogP contribution in [0.5, 0.6) is 0 Å². The fourth-order valence-electron chi connectivity index (χ4n) is 2.01. The first-order valence-corrected chi connectivity index (χ1v) is 7.42. The van der Waals surface area contributed by atoms with Crippen LogP contribution in [0.15, 0.2) is 65.6 Å². The van der Waals surface area contributed by atoms with Crippen molar-refractivity contribution < 1.29 is 13.2 Å². The Morgan fingerprint density at radius 3 is 1.84 bits per heavy atom. The summed E-state index contributed by atoms with van der Waals surface area (Å²) < 4.78 is 25.1. The van der Waals surface area contributed by atoms with Crippen LogP contribution in [-0.2, 0) is 14.6 Å². The summed E-state index contributed by atoms with van der Waals surface area (Å²) >= 11 is 0. The first kappa shape index (κ1) is 13.5. The SMILES string of the molecule is CC(=O)[C@H](c1ccccc1)S(=O)(=O)c1ccccc1. The molecule has 2 aromatic rings. The molecular weight excluding hydrogens is 260 g/mol. The Morgan fingerprint density at radius 2 is 1.37 bits per heavy atom. The Balaban J connectivity index is 2.55. The van der Waals surface area contributed by atoms with Crippen molar-refractivity contribution in [2.45, 2.75) is 17.1 Å². The maximum absolute atomic E-state index is 12.6. The van der Waals surface area contributed by atoms with Crippen molar-refractivity contribution in [2.75, 3.05) is 0 Å². The highest BCUT2D eigenvalue weighted by Crippen LogP contribution is 2.29. The van der Waals surface area contributed by atoms with E-state index >= 15 is 0 Å². The third kappa shape index (κ3) is 2.74. The zero-order valence-electron chi connectivity index (χ0n) is 10.5. The highest BCUT2D eigenvalue weighted by atomic mass is 32.2. The van der Waals surface area contributed by atoms with Crippen molar-refractivity contribution in [1.82, 2.24) is 0 Å². The molecule has 0 radical (unpaired) electrons. The number of sulfone groups is 1. The Morgan fingerprint density at radius 1 is 0.895 bits per heavy atom. The molecule has 0 saturated heterocycles. The van der Waals surface area contributed by atoms with Crippen LogP contribution in [0.1, 0.15) is 17.7 Å². The molecule has 0 bridgehead atoms. The van der Waals surface area contributed by atoms with Crippen molar-refractivity contribution in [1.29, 1.82) is 0 Å². The van der Waals surface area contributed by atoms with E-state index in [1.54, 1.807) is 48.5 Å². The summed E-state index contributed by atoms with van der Waals surface area (Å²) in [6, 6.07) is 16.6. The van der Waals surface area contributed by atoms with Gasteiger partial charge in [-0.2, -0.15) is 0 Å². The van der Waals surface area contributed by atoms with Crippen LogP contribution in [0.4, 0.5) is 0 Å². The summed E-state index contributed by atoms with van der Waals surface area (Å²) in [5.74, 6) is -0.380. The second-order valence-electron chi connectivity index (χ2n) is 4.26. The number of benzene rings is 2. The second kappa shape index (κ2) is 5.36. The molecule has 0 amide bonds. The van der Waals surface area contributed by atoms with E-state index in [2.05, 4.69) is 0 Å². The van der Waals surface area contributed by atoms with Gasteiger partial charge in [-0.25, -0.2) is 8.42 Å². The number of hydrogen-bond donors (Lipinski definition) is 0. The summed E-state index contributed by atoms with van der Waals surface area (Å²) in [6.45, 7) is 1.30. The van der Waals surface area contributed by atoms with Crippen LogP contribution in [0.3, 0.4) is 0 Å². The van der Waals surface area contributed by atoms with Gasteiger partial charge in [-0.1, -0.05) is 48.5 Å². The van der Waals surface area contributed by atoms with E-state index in [4.69, 9.17) is 0 Å². The molecule has 0 aliphatic carbocycles. The van der Waals surface area contributed by atoms with Crippen LogP contribution in [0.25, 0.3) is 0 Å². The second-order valence-corrected chi connectivity index (χ2v) is 6.29. The molecule has 98 valence electrons. The van der Waals surface area contributed by atoms with Gasteiger partial charge in [0.25, 0.3) is 0 Å². The van der Waals surface area contributed by atoms with Crippen LogP contribution >= 0.6 is 0 Å². The van der Waals surface area contributed by atoms with Gasteiger partial charge in [0.05, 0.1) is 4.90 Å². The summed E-state index contributed by atoms with van der Waals surface area (Å²) in [5.41, 5.74) is 0.499. The average molecular weight is 274 g/mol. The molecule has 0 fully saturated rings. The topological polar surface area (TPSA) is 51.2 Å². The molecule has 2 aromatic carbocycles. The van der Waals surface area contributed by atoms with Crippen molar-refractivity contribution in [3.8, 4) is 0 Å². The molecule has 0 aliphatic rings. The van der Waals surface area contributed by atoms with Gasteiger partial charge in [0.2, 0.25) is 0 Å². The maximum atomic E-state index is 12.6. The molecule has 0 aromatic heterocycles. The first-order valence-electron chi connectivity index (χ1n) is 5.88. The molecule has 0 heterocycles. The third-order valence-corrected chi connectivity index (χ3v) is 5.01. The van der Waals surface area contributed by atoms with Crippen LogP contribution in [0.2, 0.25) is 0 Å². The fourth-order valence-corrected chi connectivity index (χ4v) is 3.77. The molecule has 0 N–H and O–H groups in total. The smallest absolute Gasteiger partial charge is 0.192 e. The van der Waals surface area contributed by atoms with Gasteiger partial charge in [-0.15, -0.1) is 0 Å². The van der Waals surface area contributed by atoms with Gasteiger partial charge in [-0.05, 0) is 24.6 Å². The van der Waals surface area contributed by atoms with Crippen molar-refractivity contribution in [3.05, 3.63) is 66.2 Å². The van der Waals surface area contributed by atoms with Crippen LogP contribution in [-0.4, -0.2) is 14.2 Å². The summed E-state index contributed by atoms with van der Waals surface area (Å²) in [4.78, 5) is 12.0. The number of carbonyl (C=O) groups is 1. The van der Waals surface area contributed by atoms with Gasteiger partial charge >= 0.3 is 0 Å². The van der Waals surface area contributed by atoms with E-state index in [-0.39, 0.29) is 10.7 Å². The molecule has 0 spiro atoms. The van der Waals surface area contributed by atoms with Crippen molar-refractivity contribution in [3.63, 3.8) is 0 Å². The van der Waals surface area contributed by atoms with E-state index in [0.717, 1.165) is 0 Å². The van der Waals surface area contributed by atoms with E-state index in [9.17, 15) is 13.2 Å². The number of Topliss-reactive ketones (excluding diaryl/α,β-unsaturated/α-hetero) is 1. The van der Waals surface area contributed by atoms with E-state index in [1.807, 2.05) is 0 Å². The summed E-state index contributed by atoms with van der Waals surface area (Å²) in [7, 11) is -3.70. The molecule has 19 heavy (non-hydrogen) atoms. The lowest BCUT2D eigenvalue weighted by Crippen LogP contribution is -2.20. The average Bonchev–Trinajstić information content (AvgIpc) is 2.40. The lowest BCUT2D eigenvalue weighted by Gasteiger charge is -2.15. The lowest BCUT2D eigenvalue weighted by atomic mass is 10.1. The van der Waals surface area contributed by atoms with Gasteiger partial charge < -0.3 is 0 Å². The Labute approximate surface area is 112 Å². The van der Waals surface area contributed by atoms with E-state index in [1.165, 1.54) is 19.1 Å².